The molecule has 2 amide bonds. The molecule has 2 N–H and O–H groups in total. The minimum Gasteiger partial charge on any atom is -0.344 e. The third-order valence-electron chi connectivity index (χ3n) is 7.53. The van der Waals surface area contributed by atoms with Crippen molar-refractivity contribution in [2.75, 3.05) is 13.1 Å². The van der Waals surface area contributed by atoms with Gasteiger partial charge in [0.1, 0.15) is 12.3 Å². The van der Waals surface area contributed by atoms with Gasteiger partial charge in [-0.15, -0.1) is 0 Å². The van der Waals surface area contributed by atoms with Gasteiger partial charge in [-0.2, -0.15) is 0 Å². The van der Waals surface area contributed by atoms with E-state index in [4.69, 9.17) is 0 Å². The summed E-state index contributed by atoms with van der Waals surface area (Å²) in [7, 11) is -3.99. The Kier molecular flexibility index (Phi) is 9.09. The summed E-state index contributed by atoms with van der Waals surface area (Å²) < 4.78 is 29.7. The van der Waals surface area contributed by atoms with Gasteiger partial charge in [-0.25, -0.2) is 13.1 Å². The molecule has 2 unspecified atom stereocenters. The molecule has 4 aromatic carbocycles. The second-order valence-electron chi connectivity index (χ2n) is 10.5. The van der Waals surface area contributed by atoms with Crippen LogP contribution in [0.3, 0.4) is 0 Å². The van der Waals surface area contributed by atoms with E-state index in [2.05, 4.69) is 10.0 Å². The van der Waals surface area contributed by atoms with Crippen LogP contribution < -0.4 is 10.0 Å². The molecule has 0 aliphatic carbocycles. The Balaban J connectivity index is 1.37. The summed E-state index contributed by atoms with van der Waals surface area (Å²) in [4.78, 5) is 39.8. The van der Waals surface area contributed by atoms with Crippen LogP contribution in [0.2, 0.25) is 0 Å². The molecule has 5 rings (SSSR count). The fourth-order valence-electron chi connectivity index (χ4n) is 5.27. The van der Waals surface area contributed by atoms with Crippen LogP contribution in [0.25, 0.3) is 10.8 Å². The van der Waals surface area contributed by atoms with E-state index >= 15 is 0 Å². The quantitative estimate of drug-likeness (QED) is 0.254. The topological polar surface area (TPSA) is 113 Å². The van der Waals surface area contributed by atoms with Crippen molar-refractivity contribution in [1.82, 2.24) is 14.9 Å². The van der Waals surface area contributed by atoms with Gasteiger partial charge in [-0.05, 0) is 46.9 Å². The lowest BCUT2D eigenvalue weighted by Crippen LogP contribution is -2.49. The van der Waals surface area contributed by atoms with Gasteiger partial charge in [-0.3, -0.25) is 14.4 Å². The van der Waals surface area contributed by atoms with Crippen LogP contribution >= 0.6 is 0 Å². The van der Waals surface area contributed by atoms with Crippen LogP contribution in [0.1, 0.15) is 46.8 Å². The van der Waals surface area contributed by atoms with E-state index in [0.29, 0.717) is 24.2 Å². The van der Waals surface area contributed by atoms with Gasteiger partial charge >= 0.3 is 0 Å². The first-order valence-corrected chi connectivity index (χ1v) is 15.5. The lowest BCUT2D eigenvalue weighted by molar-refractivity contribution is -0.135. The number of nitrogens with zero attached hydrogens (tertiary/aromatic N) is 1. The number of carbonyl (C=O) groups is 3. The SMILES string of the molecule is O=Cc1ccc(CC(NC(=O)CC(NS(=O)(=O)c2ccc3ccccc3c2)c2ccccc2)C(=O)N2CCCC2)cc1. The van der Waals surface area contributed by atoms with Crippen molar-refractivity contribution in [3.63, 3.8) is 0 Å². The van der Waals surface area contributed by atoms with Crippen LogP contribution in [0.4, 0.5) is 0 Å². The Morgan fingerprint density at radius 2 is 1.50 bits per heavy atom. The number of sulfonamides is 1. The third kappa shape index (κ3) is 7.10. The van der Waals surface area contributed by atoms with Crippen molar-refractivity contribution in [3.05, 3.63) is 114 Å². The zero-order valence-corrected chi connectivity index (χ0v) is 23.9. The van der Waals surface area contributed by atoms with Gasteiger partial charge in [-0.1, -0.05) is 84.9 Å². The molecule has 216 valence electrons. The molecule has 9 heteroatoms. The summed E-state index contributed by atoms with van der Waals surface area (Å²) in [5.74, 6) is -0.625. The third-order valence-corrected chi connectivity index (χ3v) is 9.00. The number of benzene rings is 4. The molecule has 0 bridgehead atoms. The predicted octanol–water partition coefficient (Wildman–Crippen LogP) is 4.41. The largest absolute Gasteiger partial charge is 0.344 e. The van der Waals surface area contributed by atoms with Crippen molar-refractivity contribution in [2.24, 2.45) is 0 Å². The molecule has 1 heterocycles. The summed E-state index contributed by atoms with van der Waals surface area (Å²) in [5.41, 5.74) is 1.95. The summed E-state index contributed by atoms with van der Waals surface area (Å²) in [6, 6.07) is 26.5. The van der Waals surface area contributed by atoms with E-state index in [9.17, 15) is 22.8 Å². The van der Waals surface area contributed by atoms with E-state index in [1.54, 1.807) is 71.6 Å². The number of aldehydes is 1. The average Bonchev–Trinajstić information content (AvgIpc) is 3.56. The van der Waals surface area contributed by atoms with Crippen LogP contribution in [0.5, 0.6) is 0 Å². The Morgan fingerprint density at radius 3 is 2.19 bits per heavy atom. The zero-order valence-electron chi connectivity index (χ0n) is 23.1. The smallest absolute Gasteiger partial charge is 0.245 e. The standard InChI is InChI=1S/C33H33N3O5S/c37-23-25-14-12-24(13-15-25)20-31(33(39)36-18-6-7-19-36)34-32(38)22-30(27-9-2-1-3-10-27)35-42(40,41)29-17-16-26-8-4-5-11-28(26)21-29/h1-5,8-17,21,23,30-31,35H,6-7,18-20,22H2,(H,34,38). The summed E-state index contributed by atoms with van der Waals surface area (Å²) in [6.45, 7) is 1.26. The number of rotatable bonds is 11. The number of hydrogen-bond acceptors (Lipinski definition) is 5. The van der Waals surface area contributed by atoms with Gasteiger partial charge < -0.3 is 10.2 Å². The second kappa shape index (κ2) is 13.1. The highest BCUT2D eigenvalue weighted by molar-refractivity contribution is 7.89. The second-order valence-corrected chi connectivity index (χ2v) is 12.2. The van der Waals surface area contributed by atoms with Crippen LogP contribution in [-0.2, 0) is 26.0 Å². The molecule has 1 aliphatic heterocycles. The van der Waals surface area contributed by atoms with Crippen LogP contribution in [0, 0.1) is 0 Å². The van der Waals surface area contributed by atoms with Gasteiger partial charge in [0, 0.05) is 31.5 Å². The molecule has 0 aromatic heterocycles. The molecular weight excluding hydrogens is 550 g/mol. The number of carbonyl (C=O) groups excluding carboxylic acids is 3. The number of nitrogens with one attached hydrogen (secondary N) is 2. The first-order chi connectivity index (χ1) is 20.3. The highest BCUT2D eigenvalue weighted by Gasteiger charge is 2.30. The normalized spacial score (nSPS) is 14.8. The van der Waals surface area contributed by atoms with Crippen molar-refractivity contribution in [3.8, 4) is 0 Å². The maximum atomic E-state index is 13.5. The van der Waals surface area contributed by atoms with Crippen LogP contribution in [0.15, 0.2) is 102 Å². The first-order valence-electron chi connectivity index (χ1n) is 14.0. The predicted molar refractivity (Wildman–Crippen MR) is 161 cm³/mol. The Bertz CT molecular complexity index is 1670. The summed E-state index contributed by atoms with van der Waals surface area (Å²) >= 11 is 0. The molecule has 1 saturated heterocycles. The average molecular weight is 584 g/mol. The van der Waals surface area contributed by atoms with Gasteiger partial charge in [0.25, 0.3) is 0 Å². The first kappa shape index (κ1) is 29.2. The molecule has 0 radical (unpaired) electrons. The maximum absolute atomic E-state index is 13.5. The maximum Gasteiger partial charge on any atom is 0.245 e. The molecule has 1 aliphatic rings. The number of likely N-dealkylation sites (tertiary alicyclic amines) is 1. The van der Waals surface area contributed by atoms with Crippen molar-refractivity contribution < 1.29 is 22.8 Å². The molecular formula is C33H33N3O5S. The lowest BCUT2D eigenvalue weighted by atomic mass is 10.0. The molecule has 1 fully saturated rings. The lowest BCUT2D eigenvalue weighted by Gasteiger charge is -2.25. The van der Waals surface area contributed by atoms with Crippen LogP contribution in [-0.4, -0.2) is 50.5 Å². The van der Waals surface area contributed by atoms with E-state index < -0.39 is 28.0 Å². The summed E-state index contributed by atoms with van der Waals surface area (Å²) in [6.07, 6.45) is 2.62. The van der Waals surface area contributed by atoms with Gasteiger partial charge in [0.15, 0.2) is 0 Å². The fourth-order valence-corrected chi connectivity index (χ4v) is 6.53. The molecule has 0 spiro atoms. The van der Waals surface area contributed by atoms with Crippen molar-refractivity contribution >= 4 is 38.9 Å². The van der Waals surface area contributed by atoms with E-state index in [-0.39, 0.29) is 23.6 Å². The van der Waals surface area contributed by atoms with Gasteiger partial charge in [0.2, 0.25) is 21.8 Å². The number of fused-ring (bicyclic) bond motifs is 1. The minimum atomic E-state index is -3.99. The Hall–Kier alpha value is -4.34. The van der Waals surface area contributed by atoms with E-state index in [1.165, 1.54) is 0 Å². The molecule has 0 saturated carbocycles. The Morgan fingerprint density at radius 1 is 0.833 bits per heavy atom. The number of amides is 2. The number of hydrogen-bond donors (Lipinski definition) is 2. The van der Waals surface area contributed by atoms with Gasteiger partial charge in [0.05, 0.1) is 10.9 Å². The van der Waals surface area contributed by atoms with E-state index in [0.717, 1.165) is 35.5 Å². The van der Waals surface area contributed by atoms with Crippen molar-refractivity contribution in [1.29, 1.82) is 0 Å². The fraction of sp³-hybridized carbons (Fsp3) is 0.242. The molecule has 8 nitrogen and oxygen atoms in total. The molecule has 4 aromatic rings. The Labute approximate surface area is 245 Å². The molecule has 42 heavy (non-hydrogen) atoms. The monoisotopic (exact) mass is 583 g/mol. The molecule has 2 atom stereocenters. The summed E-state index contributed by atoms with van der Waals surface area (Å²) in [5, 5.41) is 4.60. The highest BCUT2D eigenvalue weighted by atomic mass is 32.2. The highest BCUT2D eigenvalue weighted by Crippen LogP contribution is 2.24. The zero-order chi connectivity index (χ0) is 29.5. The van der Waals surface area contributed by atoms with E-state index in [1.807, 2.05) is 30.3 Å². The van der Waals surface area contributed by atoms with Crippen molar-refractivity contribution in [2.45, 2.75) is 42.7 Å². The minimum absolute atomic E-state index is 0.100.